The molecule has 0 spiro atoms. The molecule has 0 N–H and O–H groups in total. The van der Waals surface area contributed by atoms with Crippen molar-refractivity contribution in [2.45, 2.75) is 0 Å². The van der Waals surface area contributed by atoms with E-state index in [0.29, 0.717) is 0 Å². The van der Waals surface area contributed by atoms with Crippen LogP contribution in [0.5, 0.6) is 0 Å². The lowest BCUT2D eigenvalue weighted by Gasteiger charge is -2.22. The first-order valence-electron chi connectivity index (χ1n) is 23.0. The van der Waals surface area contributed by atoms with Gasteiger partial charge in [0.1, 0.15) is 0 Å². The third kappa shape index (κ3) is 5.33. The molecule has 66 heavy (non-hydrogen) atoms. The van der Waals surface area contributed by atoms with Crippen molar-refractivity contribution >= 4 is 65.4 Å². The third-order valence-electron chi connectivity index (χ3n) is 14.4. The predicted molar refractivity (Wildman–Crippen MR) is 280 cm³/mol. The fourth-order valence-electron chi connectivity index (χ4n) is 11.6. The van der Waals surface area contributed by atoms with Gasteiger partial charge in [-0.3, -0.25) is 0 Å². The maximum atomic E-state index is 2.48. The van der Waals surface area contributed by atoms with Crippen molar-refractivity contribution in [2.24, 2.45) is 0 Å². The minimum absolute atomic E-state index is 1.20. The molecule has 0 radical (unpaired) electrons. The minimum atomic E-state index is 1.20. The number of rotatable bonds is 5. The molecule has 0 atom stereocenters. The average molecular weight is 833 g/mol. The van der Waals surface area contributed by atoms with Gasteiger partial charge in [-0.2, -0.15) is 0 Å². The molecule has 0 amide bonds. The molecule has 0 saturated heterocycles. The van der Waals surface area contributed by atoms with Crippen LogP contribution >= 0.6 is 0 Å². The Labute approximate surface area is 384 Å². The van der Waals surface area contributed by atoms with Gasteiger partial charge in [-0.25, -0.2) is 0 Å². The summed E-state index contributed by atoms with van der Waals surface area (Å²) in [5, 5.41) is 10.3. The van der Waals surface area contributed by atoms with Gasteiger partial charge in [0.2, 0.25) is 0 Å². The predicted octanol–water partition coefficient (Wildman–Crippen LogP) is 17.4. The van der Waals surface area contributed by atoms with Gasteiger partial charge in [-0.15, -0.1) is 0 Å². The lowest BCUT2D eigenvalue weighted by atomic mass is 9.85. The van der Waals surface area contributed by atoms with Crippen molar-refractivity contribution in [1.82, 2.24) is 0 Å². The zero-order valence-corrected chi connectivity index (χ0v) is 36.1. The molecule has 0 heterocycles. The number of fused-ring (bicyclic) bond motifs is 12. The van der Waals surface area contributed by atoms with E-state index in [9.17, 15) is 0 Å². The van der Waals surface area contributed by atoms with Gasteiger partial charge in [-0.05, 0) is 66.8 Å². The molecule has 306 valence electrons. The van der Waals surface area contributed by atoms with Crippen molar-refractivity contribution in [3.8, 4) is 33.4 Å². The summed E-state index contributed by atoms with van der Waals surface area (Å²) < 4.78 is 0. The Balaban J connectivity index is 1.05. The van der Waals surface area contributed by atoms with E-state index >= 15 is 0 Å². The minimum Gasteiger partial charge on any atom is -0.0997 e. The zero-order valence-electron chi connectivity index (χ0n) is 36.1. The van der Waals surface area contributed by atoms with Gasteiger partial charge in [-0.1, -0.05) is 319 Å². The van der Waals surface area contributed by atoms with Gasteiger partial charge in [0, 0.05) is 0 Å². The second-order valence-electron chi connectivity index (χ2n) is 17.8. The molecule has 0 saturated carbocycles. The summed E-state index contributed by atoms with van der Waals surface area (Å²) >= 11 is 0. The van der Waals surface area contributed by atoms with Gasteiger partial charge in [0.25, 0.3) is 0 Å². The van der Waals surface area contributed by atoms with E-state index in [0.717, 1.165) is 0 Å². The van der Waals surface area contributed by atoms with Gasteiger partial charge >= 0.3 is 0 Å². The molecule has 2 aliphatic rings. The van der Waals surface area contributed by atoms with Crippen LogP contribution in [-0.2, 0) is 0 Å². The highest BCUT2D eigenvalue weighted by Gasteiger charge is 2.29. The van der Waals surface area contributed by atoms with E-state index in [1.807, 2.05) is 0 Å². The van der Waals surface area contributed by atoms with Crippen molar-refractivity contribution in [1.29, 1.82) is 0 Å². The molecule has 0 aliphatic heterocycles. The topological polar surface area (TPSA) is 0 Å². The molecule has 0 nitrogen and oxygen atoms in total. The molecule has 0 aromatic heterocycles. The smallest absolute Gasteiger partial charge is 0.0157 e. The van der Waals surface area contributed by atoms with Crippen molar-refractivity contribution in [2.75, 3.05) is 0 Å². The van der Waals surface area contributed by atoms with E-state index < -0.39 is 0 Å². The number of hydrogen-bond donors (Lipinski definition) is 0. The van der Waals surface area contributed by atoms with E-state index in [1.165, 1.54) is 143 Å². The van der Waals surface area contributed by atoms with Crippen LogP contribution in [0.2, 0.25) is 0 Å². The highest BCUT2D eigenvalue weighted by atomic mass is 14.3. The SMILES string of the molecule is c1ccc(/C(=C2\c3ccccc3-c3ccc(-c4ccc5c(c4)/C(=C(\c4ccccc4)[c-]4c6ccccc6c6ccccc64)c4ccccc4-5)cc32)[c-]2c3ccccc3c3ccccc32)cc1. The summed E-state index contributed by atoms with van der Waals surface area (Å²) in [6, 6.07) is 90.3. The lowest BCUT2D eigenvalue weighted by molar-refractivity contribution is 1.56. The van der Waals surface area contributed by atoms with Crippen LogP contribution in [0, 0.1) is 0 Å². The van der Waals surface area contributed by atoms with Crippen LogP contribution in [0.3, 0.4) is 0 Å². The number of benzene rings is 10. The largest absolute Gasteiger partial charge is 0.0997 e. The van der Waals surface area contributed by atoms with Gasteiger partial charge in [0.05, 0.1) is 0 Å². The first-order chi connectivity index (χ1) is 32.8. The lowest BCUT2D eigenvalue weighted by Crippen LogP contribution is -1.96. The third-order valence-corrected chi connectivity index (χ3v) is 14.4. The first-order valence-corrected chi connectivity index (χ1v) is 23.0. The molecule has 14 rings (SSSR count). The normalized spacial score (nSPS) is 14.1. The Kier molecular flexibility index (Phi) is 8.08. The quantitative estimate of drug-likeness (QED) is 0.152. The molecular weight excluding hydrogens is 793 g/mol. The summed E-state index contributed by atoms with van der Waals surface area (Å²) in [5.41, 5.74) is 22.7. The molecule has 12 aromatic carbocycles. The van der Waals surface area contributed by atoms with Crippen LogP contribution in [0.15, 0.2) is 243 Å². The molecule has 0 heteroatoms. The summed E-state index contributed by atoms with van der Waals surface area (Å²) in [6.07, 6.45) is 0. The highest BCUT2D eigenvalue weighted by molar-refractivity contribution is 6.28. The maximum absolute atomic E-state index is 2.48. The Bertz CT molecular complexity index is 3640. The Morgan fingerprint density at radius 3 is 0.879 bits per heavy atom. The van der Waals surface area contributed by atoms with Crippen LogP contribution in [0.1, 0.15) is 44.5 Å². The molecule has 0 fully saturated rings. The Morgan fingerprint density at radius 2 is 0.515 bits per heavy atom. The summed E-state index contributed by atoms with van der Waals surface area (Å²) in [7, 11) is 0. The van der Waals surface area contributed by atoms with Crippen molar-refractivity contribution < 1.29 is 0 Å². The fourth-order valence-corrected chi connectivity index (χ4v) is 11.6. The highest BCUT2D eigenvalue weighted by Crippen LogP contribution is 2.55. The Hall–Kier alpha value is -8.58. The van der Waals surface area contributed by atoms with Gasteiger partial charge in [0.15, 0.2) is 0 Å². The van der Waals surface area contributed by atoms with Crippen molar-refractivity contribution in [3.05, 3.63) is 287 Å². The van der Waals surface area contributed by atoms with Crippen LogP contribution < -0.4 is 0 Å². The van der Waals surface area contributed by atoms with Crippen LogP contribution in [0.25, 0.3) is 98.8 Å². The molecule has 0 bridgehead atoms. The summed E-state index contributed by atoms with van der Waals surface area (Å²) in [6.45, 7) is 0. The van der Waals surface area contributed by atoms with E-state index in [-0.39, 0.29) is 0 Å². The standard InChI is InChI=1S/C66H40/c1-3-19-41(20-4-1)61(63-53-29-13-7-23-45(53)46-24-8-14-30-54(46)63)65-57-33-17-11-27-49(57)51-37-35-43(39-59(51)65)44-36-38-52-50-28-12-18-34-58(50)66(60(52)40-44)62(42-21-5-2-6-22-42)64-55-31-15-9-25-47(55)48-26-10-16-32-56(48)64/h1-40H/q-2/b65-61-,66-62+. The molecular formula is C66H40-2. The van der Waals surface area contributed by atoms with Crippen molar-refractivity contribution in [3.63, 3.8) is 0 Å². The maximum Gasteiger partial charge on any atom is -0.0157 e. The summed E-state index contributed by atoms with van der Waals surface area (Å²) in [5.74, 6) is 0. The number of hydrogen-bond acceptors (Lipinski definition) is 0. The second-order valence-corrected chi connectivity index (χ2v) is 17.8. The molecule has 2 aliphatic carbocycles. The van der Waals surface area contributed by atoms with E-state index in [2.05, 4.69) is 243 Å². The zero-order chi connectivity index (χ0) is 43.3. The fraction of sp³-hybridized carbons (Fsp3) is 0. The molecule has 12 aromatic rings. The average Bonchev–Trinajstić information content (AvgIpc) is 4.11. The monoisotopic (exact) mass is 832 g/mol. The van der Waals surface area contributed by atoms with Crippen LogP contribution in [0.4, 0.5) is 0 Å². The van der Waals surface area contributed by atoms with E-state index in [4.69, 9.17) is 0 Å². The Morgan fingerprint density at radius 1 is 0.227 bits per heavy atom. The first kappa shape index (κ1) is 36.9. The molecule has 0 unspecified atom stereocenters. The second kappa shape index (κ2) is 14.5. The van der Waals surface area contributed by atoms with Crippen LogP contribution in [-0.4, -0.2) is 0 Å². The van der Waals surface area contributed by atoms with Gasteiger partial charge < -0.3 is 0 Å². The van der Waals surface area contributed by atoms with E-state index in [1.54, 1.807) is 0 Å². The summed E-state index contributed by atoms with van der Waals surface area (Å²) in [4.78, 5) is 0.